The molecule has 3 aromatic rings. The Kier molecular flexibility index (Phi) is 3.85. The molecule has 9 heteroatoms. The zero-order valence-corrected chi connectivity index (χ0v) is 13.4. The zero-order valence-electron chi connectivity index (χ0n) is 11.8. The molecule has 3 heterocycles. The summed E-state index contributed by atoms with van der Waals surface area (Å²) in [5.41, 5.74) is -1.78. The van der Waals surface area contributed by atoms with Gasteiger partial charge in [-0.05, 0) is 36.7 Å². The zero-order chi connectivity index (χ0) is 16.8. The van der Waals surface area contributed by atoms with Crippen molar-refractivity contribution in [2.24, 2.45) is 0 Å². The number of hydrogen-bond acceptors (Lipinski definition) is 4. The summed E-state index contributed by atoms with van der Waals surface area (Å²) < 4.78 is 41.8. The molecule has 0 fully saturated rings. The van der Waals surface area contributed by atoms with Crippen LogP contribution in [0.1, 0.15) is 12.5 Å². The van der Waals surface area contributed by atoms with Gasteiger partial charge in [0.05, 0.1) is 21.5 Å². The van der Waals surface area contributed by atoms with Crippen molar-refractivity contribution >= 4 is 34.6 Å². The SMILES string of the molecule is CCn1c(=S)[nH]c(=O)c2c(C(F)(F)F)cc(-c3cccs3)nc21. The van der Waals surface area contributed by atoms with Crippen molar-refractivity contribution in [2.75, 3.05) is 0 Å². The topological polar surface area (TPSA) is 50.7 Å². The Hall–Kier alpha value is -2.00. The summed E-state index contributed by atoms with van der Waals surface area (Å²) in [5, 5.41) is 1.26. The fraction of sp³-hybridized carbons (Fsp3) is 0.214. The molecular formula is C14H10F3N3OS2. The van der Waals surface area contributed by atoms with Crippen molar-refractivity contribution < 1.29 is 13.2 Å². The minimum Gasteiger partial charge on any atom is -0.303 e. The smallest absolute Gasteiger partial charge is 0.303 e. The molecule has 0 aromatic carbocycles. The molecule has 0 spiro atoms. The van der Waals surface area contributed by atoms with Crippen molar-refractivity contribution in [1.29, 1.82) is 0 Å². The van der Waals surface area contributed by atoms with Crippen LogP contribution in [0.25, 0.3) is 21.6 Å². The van der Waals surface area contributed by atoms with Gasteiger partial charge in [0.15, 0.2) is 4.77 Å². The van der Waals surface area contributed by atoms with E-state index in [1.807, 2.05) is 0 Å². The molecule has 0 atom stereocenters. The van der Waals surface area contributed by atoms with Crippen LogP contribution >= 0.6 is 23.6 Å². The van der Waals surface area contributed by atoms with Gasteiger partial charge in [0.25, 0.3) is 5.56 Å². The number of aromatic amines is 1. The van der Waals surface area contributed by atoms with Crippen LogP contribution < -0.4 is 5.56 Å². The second-order valence-electron chi connectivity index (χ2n) is 4.73. The van der Waals surface area contributed by atoms with Gasteiger partial charge in [0.1, 0.15) is 5.65 Å². The van der Waals surface area contributed by atoms with Crippen LogP contribution in [-0.2, 0) is 12.7 Å². The summed E-state index contributed by atoms with van der Waals surface area (Å²) in [5.74, 6) is 0. The minimum absolute atomic E-state index is 0.0500. The van der Waals surface area contributed by atoms with Gasteiger partial charge in [-0.3, -0.25) is 9.78 Å². The normalized spacial score (nSPS) is 12.0. The molecule has 3 rings (SSSR count). The molecule has 120 valence electrons. The maximum absolute atomic E-state index is 13.4. The highest BCUT2D eigenvalue weighted by molar-refractivity contribution is 7.71. The summed E-state index contributed by atoms with van der Waals surface area (Å²) in [6.07, 6.45) is -4.67. The summed E-state index contributed by atoms with van der Waals surface area (Å²) in [7, 11) is 0. The van der Waals surface area contributed by atoms with E-state index in [-0.39, 0.29) is 16.1 Å². The highest BCUT2D eigenvalue weighted by Gasteiger charge is 2.35. The lowest BCUT2D eigenvalue weighted by Crippen LogP contribution is -2.20. The van der Waals surface area contributed by atoms with Crippen LogP contribution in [0.2, 0.25) is 0 Å². The second-order valence-corrected chi connectivity index (χ2v) is 6.07. The van der Waals surface area contributed by atoms with Gasteiger partial charge in [-0.2, -0.15) is 13.2 Å². The molecule has 4 nitrogen and oxygen atoms in total. The van der Waals surface area contributed by atoms with Gasteiger partial charge in [0, 0.05) is 6.54 Å². The quantitative estimate of drug-likeness (QED) is 0.699. The molecule has 1 N–H and O–H groups in total. The average molecular weight is 357 g/mol. The molecule has 0 aliphatic rings. The number of nitrogens with zero attached hydrogens (tertiary/aromatic N) is 2. The lowest BCUT2D eigenvalue weighted by atomic mass is 10.1. The molecule has 0 aliphatic carbocycles. The monoisotopic (exact) mass is 357 g/mol. The van der Waals surface area contributed by atoms with Crippen LogP contribution in [-0.4, -0.2) is 14.5 Å². The number of thiophene rings is 1. The first-order valence-electron chi connectivity index (χ1n) is 6.62. The number of aromatic nitrogens is 3. The van der Waals surface area contributed by atoms with Gasteiger partial charge in [0.2, 0.25) is 0 Å². The predicted octanol–water partition coefficient (Wildman–Crippen LogP) is 4.22. The van der Waals surface area contributed by atoms with Gasteiger partial charge >= 0.3 is 6.18 Å². The molecule has 0 bridgehead atoms. The van der Waals surface area contributed by atoms with E-state index in [0.29, 0.717) is 11.4 Å². The summed E-state index contributed by atoms with van der Waals surface area (Å²) >= 11 is 6.31. The first-order chi connectivity index (χ1) is 10.8. The maximum atomic E-state index is 13.4. The molecule has 0 saturated carbocycles. The third-order valence-corrected chi connectivity index (χ3v) is 4.56. The number of rotatable bonds is 2. The van der Waals surface area contributed by atoms with Crippen LogP contribution in [0.4, 0.5) is 13.2 Å². The Morgan fingerprint density at radius 2 is 2.17 bits per heavy atom. The second kappa shape index (κ2) is 5.57. The van der Waals surface area contributed by atoms with Crippen LogP contribution in [0.3, 0.4) is 0 Å². The van der Waals surface area contributed by atoms with Crippen molar-refractivity contribution in [2.45, 2.75) is 19.6 Å². The third kappa shape index (κ3) is 2.70. The summed E-state index contributed by atoms with van der Waals surface area (Å²) in [4.78, 5) is 19.2. The first-order valence-corrected chi connectivity index (χ1v) is 7.90. The van der Waals surface area contributed by atoms with Gasteiger partial charge in [-0.1, -0.05) is 6.07 Å². The summed E-state index contributed by atoms with van der Waals surface area (Å²) in [6, 6.07) is 4.31. The molecule has 0 aliphatic heterocycles. The lowest BCUT2D eigenvalue weighted by molar-refractivity contribution is -0.136. The Balaban J connectivity index is 2.53. The Morgan fingerprint density at radius 3 is 2.74 bits per heavy atom. The fourth-order valence-electron chi connectivity index (χ4n) is 2.34. The number of alkyl halides is 3. The van der Waals surface area contributed by atoms with Crippen molar-refractivity contribution in [3.8, 4) is 10.6 Å². The van der Waals surface area contributed by atoms with Gasteiger partial charge < -0.3 is 4.57 Å². The van der Waals surface area contributed by atoms with E-state index >= 15 is 0 Å². The van der Waals surface area contributed by atoms with Gasteiger partial charge in [-0.15, -0.1) is 11.3 Å². The minimum atomic E-state index is -4.67. The number of H-pyrrole nitrogens is 1. The first kappa shape index (κ1) is 15.9. The number of aryl methyl sites for hydroxylation is 1. The van der Waals surface area contributed by atoms with Crippen molar-refractivity contribution in [3.05, 3.63) is 44.3 Å². The predicted molar refractivity (Wildman–Crippen MR) is 85.2 cm³/mol. The Labute approximate surface area is 137 Å². The maximum Gasteiger partial charge on any atom is 0.417 e. The van der Waals surface area contributed by atoms with Crippen molar-refractivity contribution in [3.63, 3.8) is 0 Å². The van der Waals surface area contributed by atoms with Crippen molar-refractivity contribution in [1.82, 2.24) is 14.5 Å². The van der Waals surface area contributed by atoms with E-state index in [4.69, 9.17) is 12.2 Å². The molecule has 3 aromatic heterocycles. The molecule has 0 amide bonds. The Bertz CT molecular complexity index is 987. The summed E-state index contributed by atoms with van der Waals surface area (Å²) in [6.45, 7) is 2.02. The van der Waals surface area contributed by atoms with Crippen LogP contribution in [0, 0.1) is 4.77 Å². The number of nitrogens with one attached hydrogen (secondary N) is 1. The Morgan fingerprint density at radius 1 is 1.43 bits per heavy atom. The van der Waals surface area contributed by atoms with Crippen LogP contribution in [0.5, 0.6) is 0 Å². The number of halogens is 3. The highest BCUT2D eigenvalue weighted by atomic mass is 32.1. The molecule has 0 radical (unpaired) electrons. The van der Waals surface area contributed by atoms with Crippen LogP contribution in [0.15, 0.2) is 28.4 Å². The molecular weight excluding hydrogens is 347 g/mol. The van der Waals surface area contributed by atoms with E-state index in [2.05, 4.69) is 9.97 Å². The van der Waals surface area contributed by atoms with E-state index in [1.54, 1.807) is 24.4 Å². The number of pyridine rings is 1. The third-order valence-electron chi connectivity index (χ3n) is 3.34. The largest absolute Gasteiger partial charge is 0.417 e. The van der Waals surface area contributed by atoms with E-state index in [1.165, 1.54) is 15.9 Å². The van der Waals surface area contributed by atoms with E-state index in [9.17, 15) is 18.0 Å². The molecule has 23 heavy (non-hydrogen) atoms. The van der Waals surface area contributed by atoms with E-state index < -0.39 is 22.7 Å². The average Bonchev–Trinajstić information content (AvgIpc) is 2.99. The lowest BCUT2D eigenvalue weighted by Gasteiger charge is -2.14. The van der Waals surface area contributed by atoms with Gasteiger partial charge in [-0.25, -0.2) is 4.98 Å². The standard InChI is InChI=1S/C14H10F3N3OS2/c1-2-20-11-10(12(21)19-13(20)22)7(14(15,16)17)6-8(18-11)9-4-3-5-23-9/h3-6H,2H2,1H3,(H,19,21,22). The van der Waals surface area contributed by atoms with E-state index in [0.717, 1.165) is 6.07 Å². The fourth-order valence-corrected chi connectivity index (χ4v) is 3.34. The molecule has 0 saturated heterocycles. The number of fused-ring (bicyclic) bond motifs is 1. The molecule has 0 unspecified atom stereocenters. The highest BCUT2D eigenvalue weighted by Crippen LogP contribution is 2.36. The number of hydrogen-bond donors (Lipinski definition) is 1.